The van der Waals surface area contributed by atoms with Gasteiger partial charge in [0, 0.05) is 18.2 Å². The summed E-state index contributed by atoms with van der Waals surface area (Å²) < 4.78 is 263. The number of methoxy groups -OCH3 is 1. The molecule has 0 saturated carbocycles. The molecule has 0 aliphatic rings. The number of rotatable bonds is 27. The third kappa shape index (κ3) is 13.6. The summed E-state index contributed by atoms with van der Waals surface area (Å²) in [5, 5.41) is 2.59. The number of hydrogen-bond acceptors (Lipinski definition) is 7. The lowest BCUT2D eigenvalue weighted by Crippen LogP contribution is -2.74. The summed E-state index contributed by atoms with van der Waals surface area (Å²) in [6.07, 6.45) is -4.67. The number of amides is 1. The van der Waals surface area contributed by atoms with Gasteiger partial charge in [0.05, 0.1) is 20.3 Å². The number of nitrogens with one attached hydrogen (secondary N) is 1. The lowest BCUT2D eigenvalue weighted by molar-refractivity contribution is -0.461. The van der Waals surface area contributed by atoms with Gasteiger partial charge in [0.1, 0.15) is 24.2 Å². The topological polar surface area (TPSA) is 92.3 Å². The Bertz CT molecular complexity index is 2000. The third-order valence-corrected chi connectivity index (χ3v) is 16.4. The van der Waals surface area contributed by atoms with Crippen LogP contribution in [0.3, 0.4) is 0 Å². The highest BCUT2D eigenvalue weighted by molar-refractivity contribution is 6.76. The second kappa shape index (κ2) is 23.4. The smallest absolute Gasteiger partial charge is 0.460 e. The van der Waals surface area contributed by atoms with Gasteiger partial charge in [-0.05, 0) is 85.3 Å². The van der Waals surface area contributed by atoms with Crippen LogP contribution < -0.4 is 14.8 Å². The fraction of sp³-hybridized carbons (Fsp3) is 0.581. The molecule has 0 aliphatic heterocycles. The maximum atomic E-state index is 15.0. The molecule has 8 nitrogen and oxygen atoms in total. The van der Waals surface area contributed by atoms with Crippen molar-refractivity contribution in [3.05, 3.63) is 78.4 Å². The van der Waals surface area contributed by atoms with E-state index in [1.165, 1.54) is 71.2 Å². The zero-order valence-electron chi connectivity index (χ0n) is 37.6. The van der Waals surface area contributed by atoms with Gasteiger partial charge in [-0.1, -0.05) is 58.1 Å². The van der Waals surface area contributed by atoms with E-state index >= 15 is 8.78 Å². The van der Waals surface area contributed by atoms with Gasteiger partial charge in [-0.25, -0.2) is 9.59 Å². The van der Waals surface area contributed by atoms with Crippen molar-refractivity contribution in [1.82, 2.24) is 0 Å². The lowest BCUT2D eigenvalue weighted by Gasteiger charge is -2.44. The lowest BCUT2D eigenvalue weighted by atomic mass is 9.88. The first-order valence-electron chi connectivity index (χ1n) is 20.7. The van der Waals surface area contributed by atoms with Crippen molar-refractivity contribution in [3.63, 3.8) is 0 Å². The van der Waals surface area contributed by atoms with Crippen LogP contribution in [-0.4, -0.2) is 94.9 Å². The zero-order valence-corrected chi connectivity index (χ0v) is 38.6. The minimum absolute atomic E-state index is 0.145. The molecule has 26 heteroatoms. The SMILES string of the molecule is CCOC(=O)/C=C/C=C/CCC[C@@H](OC(=O)Nc1ccc(OC)cc1)c1ccc(OCCO[Si](CCC(F)(F)C(F)(F)C(F)(F)C(F)(F)C(F)(F)C(F)(F)C(F)(F)C(F)(F)F)(C(C)C)C(C)C)cc1. The summed E-state index contributed by atoms with van der Waals surface area (Å²) >= 11 is 0. The van der Waals surface area contributed by atoms with Crippen molar-refractivity contribution in [2.45, 2.75) is 131 Å². The molecule has 0 aromatic heterocycles. The second-order valence-electron chi connectivity index (χ2n) is 15.9. The summed E-state index contributed by atoms with van der Waals surface area (Å²) in [4.78, 5) is 24.4. The van der Waals surface area contributed by atoms with Crippen LogP contribution in [0.15, 0.2) is 72.8 Å². The standard InChI is InChI=1S/C43H50F17NO7Si/c1-7-65-34(62)14-12-10-8-9-11-13-33(68-35(63)61-30-17-21-31(64-6)22-18-30)29-15-19-32(20-16-29)66-24-25-67-69(27(2)3,28(4)5)26-23-36(44,45)37(46,47)38(48,49)39(50,51)40(52,53)41(54,55)42(56,57)43(58,59)60/h8,10,12,14-22,27-28,33H,7,9,11,13,23-26H2,1-6H3,(H,61,63)/b10-8+,14-12+/t33-/m1/s1. The summed E-state index contributed by atoms with van der Waals surface area (Å²) in [7, 11) is -2.55. The largest absolute Gasteiger partial charge is 0.497 e. The molecule has 2 rings (SSSR count). The van der Waals surface area contributed by atoms with E-state index in [1.807, 2.05) is 0 Å². The van der Waals surface area contributed by atoms with Crippen molar-refractivity contribution >= 4 is 26.1 Å². The van der Waals surface area contributed by atoms with Crippen LogP contribution in [0.2, 0.25) is 17.1 Å². The molecule has 0 heterocycles. The fourth-order valence-corrected chi connectivity index (χ4v) is 11.2. The minimum atomic E-state index is -8.70. The van der Waals surface area contributed by atoms with Gasteiger partial charge in [-0.3, -0.25) is 5.32 Å². The minimum Gasteiger partial charge on any atom is -0.497 e. The number of unbranched alkanes of at least 4 members (excludes halogenated alkanes) is 1. The van der Waals surface area contributed by atoms with E-state index in [1.54, 1.807) is 43.3 Å². The molecule has 0 radical (unpaired) electrons. The molecule has 0 fully saturated rings. The number of ether oxygens (including phenoxy) is 4. The van der Waals surface area contributed by atoms with Crippen molar-refractivity contribution in [2.75, 3.05) is 32.2 Å². The average molecular weight is 1040 g/mol. The van der Waals surface area contributed by atoms with Gasteiger partial charge in [-0.2, -0.15) is 74.6 Å². The Kier molecular flexibility index (Phi) is 20.5. The maximum absolute atomic E-state index is 15.0. The summed E-state index contributed by atoms with van der Waals surface area (Å²) in [6, 6.07) is 10.9. The van der Waals surface area contributed by atoms with E-state index < -0.39 is 111 Å². The third-order valence-electron chi connectivity index (χ3n) is 10.7. The van der Waals surface area contributed by atoms with Gasteiger partial charge in [0.2, 0.25) is 0 Å². The van der Waals surface area contributed by atoms with Crippen LogP contribution in [0.1, 0.15) is 72.0 Å². The number of benzene rings is 2. The second-order valence-corrected chi connectivity index (χ2v) is 20.9. The Labute approximate surface area is 386 Å². The number of carbonyl (C=O) groups excluding carboxylic acids is 2. The quantitative estimate of drug-likeness (QED) is 0.0238. The van der Waals surface area contributed by atoms with Crippen LogP contribution in [0.4, 0.5) is 85.1 Å². The number of allylic oxidation sites excluding steroid dienone is 3. The van der Waals surface area contributed by atoms with Gasteiger partial charge in [-0.15, -0.1) is 0 Å². The zero-order chi connectivity index (χ0) is 53.1. The normalized spacial score (nSPS) is 14.4. The first kappa shape index (κ1) is 60.4. The Hall–Kier alpha value is -4.75. The predicted octanol–water partition coefficient (Wildman–Crippen LogP) is 14.4. The molecule has 2 aromatic rings. The summed E-state index contributed by atoms with van der Waals surface area (Å²) in [5.41, 5.74) is -0.896. The van der Waals surface area contributed by atoms with Crippen LogP contribution in [0.25, 0.3) is 0 Å². The fourth-order valence-electron chi connectivity index (χ4n) is 6.69. The first-order valence-corrected chi connectivity index (χ1v) is 23.0. The van der Waals surface area contributed by atoms with Gasteiger partial charge in [0.25, 0.3) is 0 Å². The highest BCUT2D eigenvalue weighted by Gasteiger charge is 2.95. The van der Waals surface area contributed by atoms with E-state index in [2.05, 4.69) is 5.32 Å². The molecule has 69 heavy (non-hydrogen) atoms. The molecule has 392 valence electrons. The number of esters is 1. The van der Waals surface area contributed by atoms with E-state index in [4.69, 9.17) is 23.4 Å². The average Bonchev–Trinajstić information content (AvgIpc) is 3.24. The van der Waals surface area contributed by atoms with Crippen LogP contribution >= 0.6 is 0 Å². The van der Waals surface area contributed by atoms with E-state index in [-0.39, 0.29) is 12.4 Å². The van der Waals surface area contributed by atoms with E-state index in [9.17, 15) is 75.4 Å². The number of hydrogen-bond donors (Lipinski definition) is 1. The Morgan fingerprint density at radius 2 is 1.17 bits per heavy atom. The van der Waals surface area contributed by atoms with E-state index in [0.29, 0.717) is 36.3 Å². The van der Waals surface area contributed by atoms with E-state index in [0.717, 1.165) is 0 Å². The van der Waals surface area contributed by atoms with Gasteiger partial charge in [0.15, 0.2) is 8.32 Å². The van der Waals surface area contributed by atoms with Crippen molar-refractivity contribution < 1.29 is 108 Å². The molecule has 2 aromatic carbocycles. The molecular weight excluding hydrogens is 994 g/mol. The highest BCUT2D eigenvalue weighted by Crippen LogP contribution is 2.64. The molecule has 0 unspecified atom stereocenters. The monoisotopic (exact) mass is 1040 g/mol. The molecule has 0 spiro atoms. The molecule has 1 amide bonds. The predicted molar refractivity (Wildman–Crippen MR) is 219 cm³/mol. The van der Waals surface area contributed by atoms with Crippen LogP contribution in [-0.2, 0) is 18.7 Å². The number of halogens is 17. The summed E-state index contributed by atoms with van der Waals surface area (Å²) in [6.45, 7) is 6.22. The Morgan fingerprint density at radius 3 is 1.67 bits per heavy atom. The van der Waals surface area contributed by atoms with Crippen molar-refractivity contribution in [3.8, 4) is 11.5 Å². The van der Waals surface area contributed by atoms with Crippen molar-refractivity contribution in [1.29, 1.82) is 0 Å². The Balaban J connectivity index is 2.25. The molecule has 0 saturated heterocycles. The summed E-state index contributed by atoms with van der Waals surface area (Å²) in [5.74, 6) is -56.7. The molecular formula is C43H50F17NO7Si. The van der Waals surface area contributed by atoms with Crippen LogP contribution in [0, 0.1) is 0 Å². The number of alkyl halides is 17. The molecule has 0 bridgehead atoms. The Morgan fingerprint density at radius 1 is 0.667 bits per heavy atom. The first-order chi connectivity index (χ1) is 31.5. The maximum Gasteiger partial charge on any atom is 0.460 e. The van der Waals surface area contributed by atoms with Gasteiger partial charge >= 0.3 is 59.7 Å². The van der Waals surface area contributed by atoms with Crippen LogP contribution in [0.5, 0.6) is 11.5 Å². The molecule has 1 atom stereocenters. The highest BCUT2D eigenvalue weighted by atomic mass is 28.4. The number of carbonyl (C=O) groups is 2. The molecule has 0 aliphatic carbocycles. The molecule has 1 N–H and O–H groups in total. The van der Waals surface area contributed by atoms with Gasteiger partial charge < -0.3 is 23.4 Å². The van der Waals surface area contributed by atoms with Crippen molar-refractivity contribution in [2.24, 2.45) is 0 Å². The number of anilines is 1.